The van der Waals surface area contributed by atoms with E-state index in [1.165, 1.54) is 11.1 Å². The molecule has 1 aliphatic carbocycles. The average Bonchev–Trinajstić information content (AvgIpc) is 2.83. The highest BCUT2D eigenvalue weighted by Crippen LogP contribution is 2.25. The monoisotopic (exact) mass is 436 g/mol. The standard InChI is InChI=1S/C28H36O4/c1-3-5-7-21-9-13-23(14-10-21)27(29)31-25-17-19-26(20-18-25)32-28(30)24-15-11-22(12-16-24)8-6-4-2/h9-16,25-26H,3-8,17-20H2,1-2H3. The summed E-state index contributed by atoms with van der Waals surface area (Å²) in [6.45, 7) is 4.35. The normalized spacial score (nSPS) is 18.2. The third-order valence-electron chi connectivity index (χ3n) is 6.19. The first-order valence-electron chi connectivity index (χ1n) is 12.2. The molecule has 3 rings (SSSR count). The lowest BCUT2D eigenvalue weighted by molar-refractivity contribution is -0.0108. The third-order valence-corrected chi connectivity index (χ3v) is 6.19. The number of esters is 2. The van der Waals surface area contributed by atoms with Crippen LogP contribution in [0.25, 0.3) is 0 Å². The average molecular weight is 437 g/mol. The first-order chi connectivity index (χ1) is 15.6. The second-order valence-electron chi connectivity index (χ2n) is 8.81. The summed E-state index contributed by atoms with van der Waals surface area (Å²) in [6, 6.07) is 15.5. The van der Waals surface area contributed by atoms with Gasteiger partial charge >= 0.3 is 11.9 Å². The molecule has 0 atom stereocenters. The smallest absolute Gasteiger partial charge is 0.338 e. The summed E-state index contributed by atoms with van der Waals surface area (Å²) in [4.78, 5) is 24.9. The fraction of sp³-hybridized carbons (Fsp3) is 0.500. The molecule has 0 radical (unpaired) electrons. The molecule has 1 aliphatic rings. The van der Waals surface area contributed by atoms with Gasteiger partial charge in [0.15, 0.2) is 0 Å². The SMILES string of the molecule is CCCCc1ccc(C(=O)OC2CCC(OC(=O)c3ccc(CCCC)cc3)CC2)cc1. The lowest BCUT2D eigenvalue weighted by Crippen LogP contribution is -2.29. The van der Waals surface area contributed by atoms with Gasteiger partial charge in [-0.2, -0.15) is 0 Å². The number of ether oxygens (including phenoxy) is 2. The Kier molecular flexibility index (Phi) is 9.33. The molecule has 4 nitrogen and oxygen atoms in total. The molecule has 0 aliphatic heterocycles. The highest BCUT2D eigenvalue weighted by Gasteiger charge is 2.27. The number of hydrogen-bond acceptors (Lipinski definition) is 4. The molecule has 1 saturated carbocycles. The molecular formula is C28H36O4. The minimum absolute atomic E-state index is 0.116. The van der Waals surface area contributed by atoms with E-state index >= 15 is 0 Å². The molecule has 0 unspecified atom stereocenters. The Bertz CT molecular complexity index is 773. The van der Waals surface area contributed by atoms with Crippen molar-refractivity contribution in [3.8, 4) is 0 Å². The highest BCUT2D eigenvalue weighted by atomic mass is 16.6. The van der Waals surface area contributed by atoms with Crippen molar-refractivity contribution in [2.75, 3.05) is 0 Å². The Balaban J connectivity index is 1.41. The van der Waals surface area contributed by atoms with Gasteiger partial charge in [0.05, 0.1) is 11.1 Å². The van der Waals surface area contributed by atoms with E-state index in [1.54, 1.807) is 0 Å². The van der Waals surface area contributed by atoms with Crippen LogP contribution in [0.1, 0.15) is 97.1 Å². The number of aryl methyl sites for hydroxylation is 2. The summed E-state index contributed by atoms with van der Waals surface area (Å²) in [5.74, 6) is -0.536. The zero-order valence-corrected chi connectivity index (χ0v) is 19.5. The number of unbranched alkanes of at least 4 members (excludes halogenated alkanes) is 2. The van der Waals surface area contributed by atoms with Gasteiger partial charge in [0, 0.05) is 0 Å². The van der Waals surface area contributed by atoms with Crippen LogP contribution in [0.15, 0.2) is 48.5 Å². The fourth-order valence-corrected chi connectivity index (χ4v) is 4.08. The van der Waals surface area contributed by atoms with E-state index in [9.17, 15) is 9.59 Å². The van der Waals surface area contributed by atoms with E-state index in [-0.39, 0.29) is 24.1 Å². The second kappa shape index (κ2) is 12.4. The van der Waals surface area contributed by atoms with E-state index < -0.39 is 0 Å². The largest absolute Gasteiger partial charge is 0.459 e. The van der Waals surface area contributed by atoms with Crippen molar-refractivity contribution in [2.45, 2.75) is 90.3 Å². The fourth-order valence-electron chi connectivity index (χ4n) is 4.08. The summed E-state index contributed by atoms with van der Waals surface area (Å²) in [6.07, 6.45) is 9.34. The van der Waals surface area contributed by atoms with Crippen LogP contribution in [0, 0.1) is 0 Å². The van der Waals surface area contributed by atoms with E-state index in [2.05, 4.69) is 13.8 Å². The van der Waals surface area contributed by atoms with Crippen LogP contribution in [-0.2, 0) is 22.3 Å². The van der Waals surface area contributed by atoms with Crippen molar-refractivity contribution in [1.82, 2.24) is 0 Å². The molecule has 0 bridgehead atoms. The summed E-state index contributed by atoms with van der Waals surface area (Å²) in [7, 11) is 0. The number of benzene rings is 2. The number of hydrogen-bond donors (Lipinski definition) is 0. The Morgan fingerprint density at radius 3 is 1.31 bits per heavy atom. The van der Waals surface area contributed by atoms with Crippen molar-refractivity contribution in [3.05, 3.63) is 70.8 Å². The number of rotatable bonds is 10. The van der Waals surface area contributed by atoms with E-state index in [4.69, 9.17) is 9.47 Å². The van der Waals surface area contributed by atoms with E-state index in [0.717, 1.165) is 38.5 Å². The van der Waals surface area contributed by atoms with Crippen LogP contribution >= 0.6 is 0 Å². The van der Waals surface area contributed by atoms with Crippen LogP contribution < -0.4 is 0 Å². The molecule has 0 heterocycles. The summed E-state index contributed by atoms with van der Waals surface area (Å²) in [5, 5.41) is 0. The van der Waals surface area contributed by atoms with Crippen LogP contribution in [0.2, 0.25) is 0 Å². The quantitative estimate of drug-likeness (QED) is 0.389. The minimum atomic E-state index is -0.268. The molecule has 2 aromatic carbocycles. The molecule has 0 saturated heterocycles. The first-order valence-corrected chi connectivity index (χ1v) is 12.2. The van der Waals surface area contributed by atoms with Gasteiger partial charge in [-0.3, -0.25) is 0 Å². The maximum atomic E-state index is 12.5. The molecule has 1 fully saturated rings. The molecule has 0 amide bonds. The van der Waals surface area contributed by atoms with E-state index in [0.29, 0.717) is 36.8 Å². The van der Waals surface area contributed by atoms with Crippen molar-refractivity contribution >= 4 is 11.9 Å². The molecule has 32 heavy (non-hydrogen) atoms. The Morgan fingerprint density at radius 1 is 0.656 bits per heavy atom. The van der Waals surface area contributed by atoms with Gasteiger partial charge in [0.25, 0.3) is 0 Å². The van der Waals surface area contributed by atoms with Gasteiger partial charge < -0.3 is 9.47 Å². The first kappa shape index (κ1) is 24.0. The Morgan fingerprint density at radius 2 is 1.00 bits per heavy atom. The molecule has 172 valence electrons. The van der Waals surface area contributed by atoms with Crippen molar-refractivity contribution in [1.29, 1.82) is 0 Å². The van der Waals surface area contributed by atoms with Gasteiger partial charge in [-0.05, 0) is 86.8 Å². The van der Waals surface area contributed by atoms with Crippen molar-refractivity contribution in [2.24, 2.45) is 0 Å². The maximum Gasteiger partial charge on any atom is 0.338 e. The van der Waals surface area contributed by atoms with E-state index in [1.807, 2.05) is 48.5 Å². The zero-order valence-electron chi connectivity index (χ0n) is 19.5. The zero-order chi connectivity index (χ0) is 22.8. The van der Waals surface area contributed by atoms with Crippen LogP contribution in [0.4, 0.5) is 0 Å². The predicted molar refractivity (Wildman–Crippen MR) is 127 cm³/mol. The van der Waals surface area contributed by atoms with Crippen LogP contribution in [0.3, 0.4) is 0 Å². The molecule has 2 aromatic rings. The molecule has 0 spiro atoms. The summed E-state index contributed by atoms with van der Waals surface area (Å²) < 4.78 is 11.4. The van der Waals surface area contributed by atoms with Gasteiger partial charge in [-0.25, -0.2) is 9.59 Å². The van der Waals surface area contributed by atoms with Gasteiger partial charge in [0.1, 0.15) is 12.2 Å². The molecule has 4 heteroatoms. The lowest BCUT2D eigenvalue weighted by Gasteiger charge is -2.28. The predicted octanol–water partition coefficient (Wildman–Crippen LogP) is 6.70. The van der Waals surface area contributed by atoms with Gasteiger partial charge in [-0.15, -0.1) is 0 Å². The topological polar surface area (TPSA) is 52.6 Å². The number of carbonyl (C=O) groups is 2. The van der Waals surface area contributed by atoms with Crippen molar-refractivity contribution < 1.29 is 19.1 Å². The third kappa shape index (κ3) is 7.22. The molecule has 0 N–H and O–H groups in total. The summed E-state index contributed by atoms with van der Waals surface area (Å²) >= 11 is 0. The second-order valence-corrected chi connectivity index (χ2v) is 8.81. The van der Waals surface area contributed by atoms with Crippen molar-refractivity contribution in [3.63, 3.8) is 0 Å². The van der Waals surface area contributed by atoms with Crippen LogP contribution in [0.5, 0.6) is 0 Å². The molecule has 0 aromatic heterocycles. The maximum absolute atomic E-state index is 12.5. The Labute approximate surface area is 192 Å². The van der Waals surface area contributed by atoms with Gasteiger partial charge in [-0.1, -0.05) is 51.0 Å². The minimum Gasteiger partial charge on any atom is -0.459 e. The molecular weight excluding hydrogens is 400 g/mol. The lowest BCUT2D eigenvalue weighted by atomic mass is 9.94. The Hall–Kier alpha value is -2.62. The van der Waals surface area contributed by atoms with Gasteiger partial charge in [0.2, 0.25) is 0 Å². The number of carbonyl (C=O) groups excluding carboxylic acids is 2. The highest BCUT2D eigenvalue weighted by molar-refractivity contribution is 5.90. The van der Waals surface area contributed by atoms with Crippen LogP contribution in [-0.4, -0.2) is 24.1 Å². The summed E-state index contributed by atoms with van der Waals surface area (Å²) in [5.41, 5.74) is 3.70.